The maximum atomic E-state index is 14.1. The molecule has 1 aliphatic carbocycles. The molecule has 11 heteroatoms. The van der Waals surface area contributed by atoms with E-state index in [0.29, 0.717) is 37.5 Å². The molecule has 4 aromatic rings. The lowest BCUT2D eigenvalue weighted by Gasteiger charge is -2.45. The fourth-order valence-electron chi connectivity index (χ4n) is 10.3. The molecule has 2 bridgehead atoms. The van der Waals surface area contributed by atoms with Crippen LogP contribution in [0.3, 0.4) is 0 Å². The number of esters is 1. The zero-order valence-corrected chi connectivity index (χ0v) is 38.7. The maximum Gasteiger partial charge on any atom is 0.316 e. The van der Waals surface area contributed by atoms with Crippen LogP contribution in [0.4, 0.5) is 5.69 Å². The molecule has 62 heavy (non-hydrogen) atoms. The topological polar surface area (TPSA) is 124 Å². The van der Waals surface area contributed by atoms with Crippen molar-refractivity contribution in [1.82, 2.24) is 15.2 Å². The predicted molar refractivity (Wildman–Crippen MR) is 249 cm³/mol. The fraction of sp³-hybridized carbons (Fsp3) is 0.549. The molecule has 5 aliphatic rings. The zero-order chi connectivity index (χ0) is 43.6. The number of hydrogen-bond acceptors (Lipinski definition) is 8. The zero-order valence-electron chi connectivity index (χ0n) is 37.7. The Hall–Kier alpha value is -4.29. The summed E-state index contributed by atoms with van der Waals surface area (Å²) in [5.74, 6) is 0.714. The van der Waals surface area contributed by atoms with Crippen molar-refractivity contribution in [2.75, 3.05) is 37.6 Å². The number of phenols is 1. The van der Waals surface area contributed by atoms with E-state index in [4.69, 9.17) is 9.16 Å². The first-order valence-electron chi connectivity index (χ1n) is 23.4. The summed E-state index contributed by atoms with van der Waals surface area (Å²) in [4.78, 5) is 46.9. The van der Waals surface area contributed by atoms with E-state index in [1.165, 1.54) is 23.6 Å². The maximum absolute atomic E-state index is 14.1. The van der Waals surface area contributed by atoms with Crippen LogP contribution in [-0.4, -0.2) is 74.0 Å². The molecule has 332 valence electrons. The van der Waals surface area contributed by atoms with Crippen molar-refractivity contribution in [1.29, 1.82) is 0 Å². The molecule has 3 aromatic carbocycles. The Kier molecular flexibility index (Phi) is 13.2. The number of anilines is 1. The monoisotopic (exact) mass is 860 g/mol. The van der Waals surface area contributed by atoms with Crippen LogP contribution >= 0.6 is 0 Å². The standard InChI is InChI=1S/C51H68N4O6Si/c1-50(2,3)62(4,5)61-44(40-17-20-43(56)48-41(40)18-21-46(57)53-48)33-52-32-36-15-19-42-38(30-36)16-22-47(58)55(42)27-10-7-12-35-13-11-14-39(31-35)51(25-8-6-9-26-51)49(59)60-45-34-54-28-23-37(45)24-29-54/h11,13-15,17-21,30-31,37,44-45,52,56H,6-10,12,16,22-29,32-34H2,1-5H3,(H,53,57)/t44-,45?/m0/s1. The Labute approximate surface area is 368 Å². The highest BCUT2D eigenvalue weighted by Crippen LogP contribution is 2.44. The second-order valence-corrected chi connectivity index (χ2v) is 24.9. The Bertz CT molecular complexity index is 2300. The number of carbonyl (C=O) groups excluding carboxylic acids is 2. The van der Waals surface area contributed by atoms with Gasteiger partial charge in [0.2, 0.25) is 11.5 Å². The fourth-order valence-corrected chi connectivity index (χ4v) is 11.6. The number of phenolic OH excluding ortho intramolecular Hbond substituents is 1. The molecule has 0 spiro atoms. The van der Waals surface area contributed by atoms with Crippen molar-refractivity contribution in [3.63, 3.8) is 0 Å². The van der Waals surface area contributed by atoms with Crippen LogP contribution in [0.1, 0.15) is 119 Å². The molecular weight excluding hydrogens is 793 g/mol. The minimum atomic E-state index is -2.22. The molecule has 9 rings (SSSR count). The van der Waals surface area contributed by atoms with Gasteiger partial charge in [0, 0.05) is 49.7 Å². The number of aromatic amines is 1. The number of rotatable bonds is 15. The van der Waals surface area contributed by atoms with Gasteiger partial charge in [0.15, 0.2) is 8.32 Å². The number of unbranched alkanes of at least 4 members (excludes halogenated alkanes) is 1. The number of amides is 1. The number of pyridine rings is 1. The molecular formula is C51H68N4O6Si. The second kappa shape index (κ2) is 18.4. The van der Waals surface area contributed by atoms with E-state index >= 15 is 0 Å². The van der Waals surface area contributed by atoms with E-state index in [2.05, 4.69) is 91.5 Å². The van der Waals surface area contributed by atoms with Gasteiger partial charge in [-0.05, 0) is 135 Å². The van der Waals surface area contributed by atoms with Crippen LogP contribution in [-0.2, 0) is 43.6 Å². The molecule has 3 saturated heterocycles. The molecule has 2 atom stereocenters. The van der Waals surface area contributed by atoms with Crippen LogP contribution in [0.25, 0.3) is 10.9 Å². The summed E-state index contributed by atoms with van der Waals surface area (Å²) in [5, 5.41) is 15.0. The van der Waals surface area contributed by atoms with Crippen LogP contribution in [0.15, 0.2) is 71.5 Å². The quantitative estimate of drug-likeness (QED) is 0.0615. The van der Waals surface area contributed by atoms with Crippen molar-refractivity contribution >= 4 is 36.8 Å². The van der Waals surface area contributed by atoms with Crippen LogP contribution in [0.5, 0.6) is 5.75 Å². The molecule has 10 nitrogen and oxygen atoms in total. The molecule has 0 radical (unpaired) electrons. The smallest absolute Gasteiger partial charge is 0.316 e. The number of aromatic nitrogens is 1. The lowest BCUT2D eigenvalue weighted by Crippen LogP contribution is -2.53. The number of ether oxygens (including phenoxy) is 1. The van der Waals surface area contributed by atoms with Crippen molar-refractivity contribution in [3.05, 3.63) is 105 Å². The third-order valence-electron chi connectivity index (χ3n) is 15.0. The highest BCUT2D eigenvalue weighted by atomic mass is 28.4. The van der Waals surface area contributed by atoms with E-state index in [1.54, 1.807) is 12.1 Å². The minimum absolute atomic E-state index is 0.00320. The van der Waals surface area contributed by atoms with Crippen molar-refractivity contribution in [2.45, 2.75) is 140 Å². The lowest BCUT2D eigenvalue weighted by atomic mass is 9.69. The largest absolute Gasteiger partial charge is 0.506 e. The van der Waals surface area contributed by atoms with Crippen LogP contribution in [0, 0.1) is 5.92 Å². The number of benzene rings is 3. The summed E-state index contributed by atoms with van der Waals surface area (Å²) in [7, 11) is -2.22. The van der Waals surface area contributed by atoms with Crippen LogP contribution < -0.4 is 15.8 Å². The van der Waals surface area contributed by atoms with Gasteiger partial charge in [0.05, 0.1) is 17.0 Å². The summed E-state index contributed by atoms with van der Waals surface area (Å²) in [6.07, 6.45) is 11.0. The third-order valence-corrected chi connectivity index (χ3v) is 19.5. The molecule has 1 aromatic heterocycles. The van der Waals surface area contributed by atoms with Gasteiger partial charge in [0.25, 0.3) is 0 Å². The number of carbonyl (C=O) groups is 2. The first-order valence-corrected chi connectivity index (χ1v) is 26.3. The summed E-state index contributed by atoms with van der Waals surface area (Å²) < 4.78 is 13.4. The van der Waals surface area contributed by atoms with Gasteiger partial charge in [0.1, 0.15) is 11.9 Å². The van der Waals surface area contributed by atoms with Gasteiger partial charge < -0.3 is 29.5 Å². The summed E-state index contributed by atoms with van der Waals surface area (Å²) in [5.41, 5.74) is 6.25. The van der Waals surface area contributed by atoms with E-state index in [9.17, 15) is 19.5 Å². The van der Waals surface area contributed by atoms with E-state index < -0.39 is 13.7 Å². The van der Waals surface area contributed by atoms with Crippen molar-refractivity contribution in [2.24, 2.45) is 5.92 Å². The number of hydrogen-bond donors (Lipinski definition) is 3. The van der Waals surface area contributed by atoms with Crippen molar-refractivity contribution in [3.8, 4) is 5.75 Å². The average molecular weight is 861 g/mol. The SMILES string of the molecule is CC(C)(C)[Si](C)(C)O[C@@H](CNCc1ccc2c(c1)CCC(=O)N2CCCCc1cccc(C2(C(=O)OC3CN4CCC3CC4)CCCCC2)c1)c1ccc(O)c2[nH]c(=O)ccc12. The number of nitrogens with one attached hydrogen (secondary N) is 2. The second-order valence-electron chi connectivity index (χ2n) is 20.2. The highest BCUT2D eigenvalue weighted by Gasteiger charge is 2.46. The van der Waals surface area contributed by atoms with Gasteiger partial charge in [-0.3, -0.25) is 19.3 Å². The van der Waals surface area contributed by atoms with Gasteiger partial charge in [-0.1, -0.05) is 82.5 Å². The number of nitrogens with zero attached hydrogens (tertiary/aromatic N) is 2. The number of aryl methyl sites for hydroxylation is 2. The Morgan fingerprint density at radius 2 is 1.74 bits per heavy atom. The first kappa shape index (κ1) is 44.3. The average Bonchev–Trinajstić information content (AvgIpc) is 3.26. The van der Waals surface area contributed by atoms with Gasteiger partial charge in [-0.15, -0.1) is 0 Å². The number of fused-ring (bicyclic) bond motifs is 5. The molecule has 4 fully saturated rings. The Morgan fingerprint density at radius 1 is 0.952 bits per heavy atom. The summed E-state index contributed by atoms with van der Waals surface area (Å²) in [6.45, 7) is 16.2. The minimum Gasteiger partial charge on any atom is -0.506 e. The number of aromatic hydroxyl groups is 1. The first-order chi connectivity index (χ1) is 29.7. The molecule has 1 saturated carbocycles. The van der Waals surface area contributed by atoms with Crippen molar-refractivity contribution < 1.29 is 23.9 Å². The molecule has 1 amide bonds. The van der Waals surface area contributed by atoms with Gasteiger partial charge in [-0.25, -0.2) is 0 Å². The predicted octanol–water partition coefficient (Wildman–Crippen LogP) is 9.23. The van der Waals surface area contributed by atoms with E-state index in [1.807, 2.05) is 11.0 Å². The Balaban J connectivity index is 0.892. The number of piperidine rings is 3. The third kappa shape index (κ3) is 9.47. The molecule has 1 unspecified atom stereocenters. The number of H-pyrrole nitrogens is 1. The van der Waals surface area contributed by atoms with E-state index in [-0.39, 0.29) is 40.4 Å². The van der Waals surface area contributed by atoms with E-state index in [0.717, 1.165) is 112 Å². The molecule has 3 N–H and O–H groups in total. The summed E-state index contributed by atoms with van der Waals surface area (Å²) >= 11 is 0. The van der Waals surface area contributed by atoms with Gasteiger partial charge >= 0.3 is 5.97 Å². The Morgan fingerprint density at radius 3 is 2.48 bits per heavy atom. The normalized spacial score (nSPS) is 21.8. The lowest BCUT2D eigenvalue weighted by molar-refractivity contribution is -0.167. The molecule has 5 heterocycles. The van der Waals surface area contributed by atoms with Crippen LogP contribution in [0.2, 0.25) is 18.1 Å². The van der Waals surface area contributed by atoms with Gasteiger partial charge in [-0.2, -0.15) is 0 Å². The molecule has 4 aliphatic heterocycles. The summed E-state index contributed by atoms with van der Waals surface area (Å²) in [6, 6.07) is 22.0. The highest BCUT2D eigenvalue weighted by molar-refractivity contribution is 6.74.